The molecule has 1 unspecified atom stereocenters. The van der Waals surface area contributed by atoms with Gasteiger partial charge in [-0.3, -0.25) is 14.5 Å². The number of benzene rings is 1. The van der Waals surface area contributed by atoms with Crippen molar-refractivity contribution < 1.29 is 14.7 Å². The Hall–Kier alpha value is -1.59. The molecule has 6 heteroatoms. The lowest BCUT2D eigenvalue weighted by molar-refractivity contribution is -0.145. The molecule has 0 spiro atoms. The van der Waals surface area contributed by atoms with Gasteiger partial charge in [-0.15, -0.1) is 0 Å². The quantitative estimate of drug-likeness (QED) is 0.812. The maximum absolute atomic E-state index is 12.1. The lowest BCUT2D eigenvalue weighted by Crippen LogP contribution is -2.43. The molecular weight excluding hydrogens is 292 g/mol. The Labute approximate surface area is 129 Å². The minimum atomic E-state index is -0.989. The summed E-state index contributed by atoms with van der Waals surface area (Å²) in [5.74, 6) is -1.32. The van der Waals surface area contributed by atoms with Gasteiger partial charge in [0.05, 0.1) is 6.42 Å². The maximum Gasteiger partial charge on any atom is 0.321 e. The van der Waals surface area contributed by atoms with Crippen molar-refractivity contribution in [3.8, 4) is 0 Å². The molecule has 1 amide bonds. The molecule has 0 bridgehead atoms. The average Bonchev–Trinajstić information content (AvgIpc) is 2.44. The zero-order chi connectivity index (χ0) is 16.0. The molecule has 2 N–H and O–H groups in total. The number of carbonyl (C=O) groups excluding carboxylic acids is 1. The number of carboxylic acid groups (broad SMARTS) is 1. The highest BCUT2D eigenvalue weighted by molar-refractivity contribution is 6.31. The van der Waals surface area contributed by atoms with Crippen molar-refractivity contribution in [2.24, 2.45) is 0 Å². The molecule has 0 fully saturated rings. The van der Waals surface area contributed by atoms with E-state index in [0.29, 0.717) is 23.8 Å². The fourth-order valence-electron chi connectivity index (χ4n) is 2.16. The van der Waals surface area contributed by atoms with Crippen molar-refractivity contribution in [2.45, 2.75) is 33.2 Å². The van der Waals surface area contributed by atoms with Gasteiger partial charge >= 0.3 is 5.97 Å². The highest BCUT2D eigenvalue weighted by Crippen LogP contribution is 2.23. The largest absolute Gasteiger partial charge is 0.480 e. The monoisotopic (exact) mass is 312 g/mol. The third-order valence-corrected chi connectivity index (χ3v) is 3.87. The minimum Gasteiger partial charge on any atom is -0.480 e. The second-order valence-corrected chi connectivity index (χ2v) is 5.15. The Kier molecular flexibility index (Phi) is 6.65. The number of carbonyl (C=O) groups is 2. The number of carboxylic acids is 1. The van der Waals surface area contributed by atoms with Crippen molar-refractivity contribution in [1.82, 2.24) is 4.90 Å². The molecule has 5 nitrogen and oxygen atoms in total. The van der Waals surface area contributed by atoms with E-state index in [4.69, 9.17) is 11.6 Å². The number of halogens is 1. The number of likely N-dealkylation sites (N-methyl/N-ethyl adjacent to an activating group) is 1. The predicted octanol–water partition coefficient (Wildman–Crippen LogP) is 2.77. The number of anilines is 1. The van der Waals surface area contributed by atoms with Gasteiger partial charge in [0.25, 0.3) is 0 Å². The van der Waals surface area contributed by atoms with Gasteiger partial charge in [0.15, 0.2) is 0 Å². The van der Waals surface area contributed by atoms with Crippen LogP contribution < -0.4 is 5.32 Å². The summed E-state index contributed by atoms with van der Waals surface area (Å²) in [5, 5.41) is 12.6. The Bertz CT molecular complexity index is 516. The number of hydrogen-bond donors (Lipinski definition) is 2. The molecule has 21 heavy (non-hydrogen) atoms. The standard InChI is InChI=1S/C15H21ClN2O3/c1-4-18(5-2)13(15(20)21)9-14(19)17-12-8-6-7-11(16)10(12)3/h6-8,13H,4-5,9H2,1-3H3,(H,17,19)(H,20,21). The smallest absolute Gasteiger partial charge is 0.321 e. The van der Waals surface area contributed by atoms with Crippen molar-refractivity contribution in [3.05, 3.63) is 28.8 Å². The summed E-state index contributed by atoms with van der Waals surface area (Å²) in [4.78, 5) is 25.2. The Balaban J connectivity index is 2.79. The van der Waals surface area contributed by atoms with Crippen LogP contribution in [-0.2, 0) is 9.59 Å². The van der Waals surface area contributed by atoms with Crippen LogP contribution in [0.5, 0.6) is 0 Å². The SMILES string of the molecule is CCN(CC)C(CC(=O)Nc1cccc(Cl)c1C)C(=O)O. The summed E-state index contributed by atoms with van der Waals surface area (Å²) in [6, 6.07) is 4.40. The number of nitrogens with one attached hydrogen (secondary N) is 1. The molecule has 1 atom stereocenters. The molecule has 1 aromatic rings. The summed E-state index contributed by atoms with van der Waals surface area (Å²) in [6.07, 6.45) is -0.0943. The second-order valence-electron chi connectivity index (χ2n) is 4.74. The molecule has 1 aromatic carbocycles. The van der Waals surface area contributed by atoms with E-state index in [0.717, 1.165) is 5.56 Å². The first kappa shape index (κ1) is 17.5. The Morgan fingerprint density at radius 1 is 1.33 bits per heavy atom. The summed E-state index contributed by atoms with van der Waals surface area (Å²) < 4.78 is 0. The van der Waals surface area contributed by atoms with Gasteiger partial charge in [0.1, 0.15) is 6.04 Å². The minimum absolute atomic E-state index is 0.0943. The van der Waals surface area contributed by atoms with E-state index in [1.165, 1.54) is 0 Å². The van der Waals surface area contributed by atoms with Crippen molar-refractivity contribution >= 4 is 29.2 Å². The number of rotatable bonds is 7. The first-order chi connectivity index (χ1) is 9.90. The van der Waals surface area contributed by atoms with Crippen LogP contribution >= 0.6 is 11.6 Å². The number of amides is 1. The lowest BCUT2D eigenvalue weighted by atomic mass is 10.1. The van der Waals surface area contributed by atoms with Gasteiger partial charge < -0.3 is 10.4 Å². The van der Waals surface area contributed by atoms with Gasteiger partial charge in [-0.25, -0.2) is 0 Å². The van der Waals surface area contributed by atoms with Gasteiger partial charge in [0.2, 0.25) is 5.91 Å². The molecule has 0 saturated heterocycles. The average molecular weight is 313 g/mol. The van der Waals surface area contributed by atoms with E-state index < -0.39 is 12.0 Å². The molecule has 116 valence electrons. The number of hydrogen-bond acceptors (Lipinski definition) is 3. The molecule has 0 aliphatic rings. The van der Waals surface area contributed by atoms with E-state index in [-0.39, 0.29) is 12.3 Å². The fraction of sp³-hybridized carbons (Fsp3) is 0.467. The van der Waals surface area contributed by atoms with E-state index >= 15 is 0 Å². The third kappa shape index (κ3) is 4.72. The van der Waals surface area contributed by atoms with Crippen LogP contribution in [-0.4, -0.2) is 41.0 Å². The lowest BCUT2D eigenvalue weighted by Gasteiger charge is -2.25. The zero-order valence-corrected chi connectivity index (χ0v) is 13.3. The molecule has 1 rings (SSSR count). The summed E-state index contributed by atoms with van der Waals surface area (Å²) in [5.41, 5.74) is 1.37. The van der Waals surface area contributed by atoms with Gasteiger partial charge in [-0.1, -0.05) is 31.5 Å². The van der Waals surface area contributed by atoms with Crippen molar-refractivity contribution in [1.29, 1.82) is 0 Å². The van der Waals surface area contributed by atoms with E-state index in [1.54, 1.807) is 30.0 Å². The molecule has 0 aliphatic heterocycles. The first-order valence-corrected chi connectivity index (χ1v) is 7.30. The van der Waals surface area contributed by atoms with Crippen LogP contribution in [0.3, 0.4) is 0 Å². The van der Waals surface area contributed by atoms with Gasteiger partial charge in [-0.2, -0.15) is 0 Å². The summed E-state index contributed by atoms with van der Waals surface area (Å²) in [6.45, 7) is 6.71. The number of nitrogens with zero attached hydrogens (tertiary/aromatic N) is 1. The van der Waals surface area contributed by atoms with Crippen LogP contribution in [0.2, 0.25) is 5.02 Å². The maximum atomic E-state index is 12.1. The molecule has 0 aliphatic carbocycles. The first-order valence-electron chi connectivity index (χ1n) is 6.92. The topological polar surface area (TPSA) is 69.6 Å². The van der Waals surface area contributed by atoms with Gasteiger partial charge in [-0.05, 0) is 37.7 Å². The van der Waals surface area contributed by atoms with Crippen LogP contribution in [0.25, 0.3) is 0 Å². The molecule has 0 radical (unpaired) electrons. The molecular formula is C15H21ClN2O3. The number of aliphatic carboxylic acids is 1. The van der Waals surface area contributed by atoms with E-state index in [2.05, 4.69) is 5.32 Å². The zero-order valence-electron chi connectivity index (χ0n) is 12.5. The highest BCUT2D eigenvalue weighted by atomic mass is 35.5. The Morgan fingerprint density at radius 3 is 2.48 bits per heavy atom. The summed E-state index contributed by atoms with van der Waals surface area (Å²) >= 11 is 6.00. The fourth-order valence-corrected chi connectivity index (χ4v) is 2.33. The predicted molar refractivity (Wildman–Crippen MR) is 83.8 cm³/mol. The second kappa shape index (κ2) is 8.00. The van der Waals surface area contributed by atoms with Crippen molar-refractivity contribution in [3.63, 3.8) is 0 Å². The van der Waals surface area contributed by atoms with Crippen LogP contribution in [0, 0.1) is 6.92 Å². The van der Waals surface area contributed by atoms with Gasteiger partial charge in [0, 0.05) is 10.7 Å². The third-order valence-electron chi connectivity index (χ3n) is 3.46. The van der Waals surface area contributed by atoms with Crippen LogP contribution in [0.1, 0.15) is 25.8 Å². The summed E-state index contributed by atoms with van der Waals surface area (Å²) in [7, 11) is 0. The van der Waals surface area contributed by atoms with Crippen LogP contribution in [0.15, 0.2) is 18.2 Å². The molecule has 0 saturated carbocycles. The van der Waals surface area contributed by atoms with E-state index in [9.17, 15) is 14.7 Å². The van der Waals surface area contributed by atoms with Crippen molar-refractivity contribution in [2.75, 3.05) is 18.4 Å². The Morgan fingerprint density at radius 2 is 1.95 bits per heavy atom. The van der Waals surface area contributed by atoms with E-state index in [1.807, 2.05) is 13.8 Å². The highest BCUT2D eigenvalue weighted by Gasteiger charge is 2.26. The normalized spacial score (nSPS) is 12.2. The molecule has 0 aromatic heterocycles. The molecule has 0 heterocycles. The van der Waals surface area contributed by atoms with Crippen LogP contribution in [0.4, 0.5) is 5.69 Å².